The Kier molecular flexibility index (Phi) is 4.55. The number of fused-ring (bicyclic) bond motifs is 1. The smallest absolute Gasteiger partial charge is 0.271 e. The Morgan fingerprint density at radius 1 is 1.15 bits per heavy atom. The maximum Gasteiger partial charge on any atom is 0.271 e. The molecule has 0 amide bonds. The molecular formula is C19H19N5O3. The van der Waals surface area contributed by atoms with Crippen molar-refractivity contribution in [2.75, 3.05) is 18.4 Å². The summed E-state index contributed by atoms with van der Waals surface area (Å²) in [5, 5.41) is 25.0. The van der Waals surface area contributed by atoms with Crippen LogP contribution in [0, 0.1) is 10.1 Å². The third-order valence-electron chi connectivity index (χ3n) is 4.66. The molecule has 1 aliphatic rings. The SMILES string of the molecule is O=[N+]([O-])c1ccc(O)c(Nc2nc(CN3CCCC3)nc3ccccc23)c1. The first-order valence-corrected chi connectivity index (χ1v) is 8.82. The van der Waals surface area contributed by atoms with E-state index in [-0.39, 0.29) is 17.1 Å². The minimum atomic E-state index is -0.499. The van der Waals surface area contributed by atoms with Crippen molar-refractivity contribution in [3.8, 4) is 5.75 Å². The van der Waals surface area contributed by atoms with Gasteiger partial charge in [0, 0.05) is 17.5 Å². The summed E-state index contributed by atoms with van der Waals surface area (Å²) in [5.74, 6) is 1.12. The van der Waals surface area contributed by atoms with Gasteiger partial charge in [-0.05, 0) is 44.1 Å². The number of benzene rings is 2. The number of phenols is 1. The van der Waals surface area contributed by atoms with Crippen LogP contribution in [0.5, 0.6) is 5.75 Å². The molecule has 3 aromatic rings. The van der Waals surface area contributed by atoms with E-state index in [1.165, 1.54) is 31.0 Å². The number of nitro benzene ring substituents is 1. The minimum absolute atomic E-state index is 0.0793. The van der Waals surface area contributed by atoms with Crippen molar-refractivity contribution in [1.82, 2.24) is 14.9 Å². The highest BCUT2D eigenvalue weighted by Gasteiger charge is 2.17. The normalized spacial score (nSPS) is 14.5. The maximum absolute atomic E-state index is 11.0. The number of anilines is 2. The summed E-state index contributed by atoms with van der Waals surface area (Å²) in [6, 6.07) is 11.4. The fourth-order valence-corrected chi connectivity index (χ4v) is 3.30. The zero-order valence-corrected chi connectivity index (χ0v) is 14.6. The Morgan fingerprint density at radius 3 is 2.70 bits per heavy atom. The molecule has 0 saturated carbocycles. The molecule has 27 heavy (non-hydrogen) atoms. The van der Waals surface area contributed by atoms with E-state index in [1.807, 2.05) is 24.3 Å². The van der Waals surface area contributed by atoms with Crippen molar-refractivity contribution in [3.05, 3.63) is 58.4 Å². The molecule has 1 aliphatic heterocycles. The van der Waals surface area contributed by atoms with Crippen LogP contribution in [0.15, 0.2) is 42.5 Å². The van der Waals surface area contributed by atoms with Gasteiger partial charge in [0.15, 0.2) is 0 Å². The summed E-state index contributed by atoms with van der Waals surface area (Å²) in [6.07, 6.45) is 2.36. The van der Waals surface area contributed by atoms with Gasteiger partial charge in [-0.1, -0.05) is 12.1 Å². The first-order valence-electron chi connectivity index (χ1n) is 8.82. The van der Waals surface area contributed by atoms with Crippen LogP contribution in [0.2, 0.25) is 0 Å². The monoisotopic (exact) mass is 365 g/mol. The molecule has 0 radical (unpaired) electrons. The molecule has 0 aliphatic carbocycles. The van der Waals surface area contributed by atoms with Crippen molar-refractivity contribution in [2.24, 2.45) is 0 Å². The fraction of sp³-hybridized carbons (Fsp3) is 0.263. The van der Waals surface area contributed by atoms with Gasteiger partial charge in [0.05, 0.1) is 22.7 Å². The molecule has 2 heterocycles. The van der Waals surface area contributed by atoms with E-state index < -0.39 is 4.92 Å². The zero-order chi connectivity index (χ0) is 18.8. The fourth-order valence-electron chi connectivity index (χ4n) is 3.30. The molecule has 2 aromatic carbocycles. The van der Waals surface area contributed by atoms with Crippen LogP contribution >= 0.6 is 0 Å². The minimum Gasteiger partial charge on any atom is -0.506 e. The number of nitro groups is 1. The van der Waals surface area contributed by atoms with E-state index in [0.717, 1.165) is 24.0 Å². The van der Waals surface area contributed by atoms with E-state index in [1.54, 1.807) is 0 Å². The number of nitrogens with one attached hydrogen (secondary N) is 1. The van der Waals surface area contributed by atoms with Crippen molar-refractivity contribution >= 4 is 28.1 Å². The Morgan fingerprint density at radius 2 is 1.93 bits per heavy atom. The third-order valence-corrected chi connectivity index (χ3v) is 4.66. The molecule has 1 saturated heterocycles. The molecule has 0 spiro atoms. The van der Waals surface area contributed by atoms with Crippen LogP contribution in [-0.4, -0.2) is 38.0 Å². The lowest BCUT2D eigenvalue weighted by molar-refractivity contribution is -0.384. The predicted octanol–water partition coefficient (Wildman–Crippen LogP) is 3.58. The Hall–Kier alpha value is -3.26. The van der Waals surface area contributed by atoms with Crippen molar-refractivity contribution in [3.63, 3.8) is 0 Å². The van der Waals surface area contributed by atoms with Gasteiger partial charge in [-0.3, -0.25) is 15.0 Å². The molecule has 8 heteroatoms. The number of non-ortho nitro benzene ring substituents is 1. The first-order chi connectivity index (χ1) is 13.1. The highest BCUT2D eigenvalue weighted by molar-refractivity contribution is 5.91. The number of hydrogen-bond acceptors (Lipinski definition) is 7. The number of aromatic nitrogens is 2. The highest BCUT2D eigenvalue weighted by atomic mass is 16.6. The van der Waals surface area contributed by atoms with E-state index in [4.69, 9.17) is 0 Å². The van der Waals surface area contributed by atoms with Crippen LogP contribution in [0.1, 0.15) is 18.7 Å². The van der Waals surface area contributed by atoms with Crippen LogP contribution in [0.4, 0.5) is 17.2 Å². The summed E-state index contributed by atoms with van der Waals surface area (Å²) < 4.78 is 0. The molecule has 138 valence electrons. The van der Waals surface area contributed by atoms with Gasteiger partial charge in [0.25, 0.3) is 5.69 Å². The number of aromatic hydroxyl groups is 1. The summed E-state index contributed by atoms with van der Waals surface area (Å²) in [4.78, 5) is 22.1. The molecule has 1 aromatic heterocycles. The maximum atomic E-state index is 11.0. The standard InChI is InChI=1S/C19H19N5O3/c25-17-8-7-13(24(26)27)11-16(17)21-19-14-5-1-2-6-15(14)20-18(22-19)12-23-9-3-4-10-23/h1-2,5-8,11,25H,3-4,9-10,12H2,(H,20,21,22). The van der Waals surface area contributed by atoms with Crippen LogP contribution < -0.4 is 5.32 Å². The van der Waals surface area contributed by atoms with Gasteiger partial charge in [-0.15, -0.1) is 0 Å². The van der Waals surface area contributed by atoms with Crippen molar-refractivity contribution in [1.29, 1.82) is 0 Å². The Labute approximate surface area is 155 Å². The molecule has 1 fully saturated rings. The average Bonchev–Trinajstić information content (AvgIpc) is 3.16. The van der Waals surface area contributed by atoms with Crippen LogP contribution in [-0.2, 0) is 6.54 Å². The van der Waals surface area contributed by atoms with Gasteiger partial charge in [-0.25, -0.2) is 9.97 Å². The molecule has 0 unspecified atom stereocenters. The van der Waals surface area contributed by atoms with Gasteiger partial charge >= 0.3 is 0 Å². The topological polar surface area (TPSA) is 104 Å². The van der Waals surface area contributed by atoms with Crippen LogP contribution in [0.25, 0.3) is 10.9 Å². The zero-order valence-electron chi connectivity index (χ0n) is 14.6. The van der Waals surface area contributed by atoms with E-state index in [0.29, 0.717) is 18.2 Å². The molecule has 2 N–H and O–H groups in total. The number of phenolic OH excluding ortho intramolecular Hbond substituents is 1. The van der Waals surface area contributed by atoms with E-state index >= 15 is 0 Å². The molecule has 4 rings (SSSR count). The van der Waals surface area contributed by atoms with E-state index in [9.17, 15) is 15.2 Å². The predicted molar refractivity (Wildman–Crippen MR) is 102 cm³/mol. The molecular weight excluding hydrogens is 346 g/mol. The highest BCUT2D eigenvalue weighted by Crippen LogP contribution is 2.32. The van der Waals surface area contributed by atoms with Gasteiger partial charge in [0.1, 0.15) is 17.4 Å². The second kappa shape index (κ2) is 7.16. The largest absolute Gasteiger partial charge is 0.506 e. The molecule has 8 nitrogen and oxygen atoms in total. The summed E-state index contributed by atoms with van der Waals surface area (Å²) in [6.45, 7) is 2.72. The van der Waals surface area contributed by atoms with E-state index in [2.05, 4.69) is 20.2 Å². The lowest BCUT2D eigenvalue weighted by Gasteiger charge is -2.16. The Bertz CT molecular complexity index is 1000. The molecule has 0 bridgehead atoms. The van der Waals surface area contributed by atoms with Crippen molar-refractivity contribution < 1.29 is 10.0 Å². The Balaban J connectivity index is 1.73. The lowest BCUT2D eigenvalue weighted by atomic mass is 10.2. The second-order valence-electron chi connectivity index (χ2n) is 6.57. The van der Waals surface area contributed by atoms with Gasteiger partial charge in [-0.2, -0.15) is 0 Å². The number of rotatable bonds is 5. The quantitative estimate of drug-likeness (QED) is 0.404. The van der Waals surface area contributed by atoms with Gasteiger partial charge in [0.2, 0.25) is 0 Å². The molecule has 0 atom stereocenters. The third kappa shape index (κ3) is 3.65. The van der Waals surface area contributed by atoms with Crippen molar-refractivity contribution in [2.45, 2.75) is 19.4 Å². The number of likely N-dealkylation sites (tertiary alicyclic amines) is 1. The number of hydrogen-bond donors (Lipinski definition) is 2. The average molecular weight is 365 g/mol. The first kappa shape index (κ1) is 17.2. The van der Waals surface area contributed by atoms with Crippen LogP contribution in [0.3, 0.4) is 0 Å². The van der Waals surface area contributed by atoms with Gasteiger partial charge < -0.3 is 10.4 Å². The lowest BCUT2D eigenvalue weighted by Crippen LogP contribution is -2.20. The number of para-hydroxylation sites is 1. The summed E-state index contributed by atoms with van der Waals surface area (Å²) in [5.41, 5.74) is 0.917. The second-order valence-corrected chi connectivity index (χ2v) is 6.57. The summed E-state index contributed by atoms with van der Waals surface area (Å²) >= 11 is 0. The number of nitrogens with zero attached hydrogens (tertiary/aromatic N) is 4. The summed E-state index contributed by atoms with van der Waals surface area (Å²) in [7, 11) is 0.